The minimum atomic E-state index is 0.170. The van der Waals surface area contributed by atoms with Crippen molar-refractivity contribution in [3.8, 4) is 11.6 Å². The maximum absolute atomic E-state index is 11.8. The number of rotatable bonds is 2. The van der Waals surface area contributed by atoms with Gasteiger partial charge in [-0.2, -0.15) is 4.98 Å². The summed E-state index contributed by atoms with van der Waals surface area (Å²) >= 11 is 5.77. The van der Waals surface area contributed by atoms with Gasteiger partial charge in [0.25, 0.3) is 0 Å². The summed E-state index contributed by atoms with van der Waals surface area (Å²) < 4.78 is 5.70. The first-order valence-electron chi connectivity index (χ1n) is 6.04. The Hall–Kier alpha value is -1.94. The van der Waals surface area contributed by atoms with E-state index in [1.54, 1.807) is 0 Å². The number of Topliss-reactive ketones (excluding diaryl/α,β-unsaturated/α-hetero) is 1. The van der Waals surface area contributed by atoms with Gasteiger partial charge in [0.05, 0.1) is 12.4 Å². The first-order chi connectivity index (χ1) is 9.24. The largest absolute Gasteiger partial charge is 0.437 e. The van der Waals surface area contributed by atoms with Gasteiger partial charge in [-0.25, -0.2) is 0 Å². The number of ether oxygens (including phenoxy) is 1. The minimum Gasteiger partial charge on any atom is -0.437 e. The van der Waals surface area contributed by atoms with Crippen molar-refractivity contribution in [3.05, 3.63) is 46.9 Å². The van der Waals surface area contributed by atoms with Crippen LogP contribution in [0.25, 0.3) is 0 Å². The fraction of sp³-hybridized carbons (Fsp3) is 0.214. The summed E-state index contributed by atoms with van der Waals surface area (Å²) in [5.74, 6) is 1.16. The molecule has 0 saturated heterocycles. The number of nitrogens with zero attached hydrogens (tertiary/aromatic N) is 2. The van der Waals surface area contributed by atoms with E-state index in [1.807, 2.05) is 18.2 Å². The highest BCUT2D eigenvalue weighted by Gasteiger charge is 2.20. The van der Waals surface area contributed by atoms with E-state index in [9.17, 15) is 4.79 Å². The number of fused-ring (bicyclic) bond motifs is 1. The van der Waals surface area contributed by atoms with Crippen LogP contribution in [0.3, 0.4) is 0 Å². The smallest absolute Gasteiger partial charge is 0.239 e. The highest BCUT2D eigenvalue weighted by molar-refractivity contribution is 6.29. The lowest BCUT2D eigenvalue weighted by molar-refractivity contribution is 0.0972. The molecule has 4 nitrogen and oxygen atoms in total. The predicted molar refractivity (Wildman–Crippen MR) is 70.8 cm³/mol. The Labute approximate surface area is 115 Å². The molecule has 0 aliphatic heterocycles. The third-order valence-electron chi connectivity index (χ3n) is 3.06. The highest BCUT2D eigenvalue weighted by Crippen LogP contribution is 2.32. The van der Waals surface area contributed by atoms with E-state index in [2.05, 4.69) is 9.97 Å². The molecule has 0 radical (unpaired) electrons. The average molecular weight is 275 g/mol. The second-order valence-electron chi connectivity index (χ2n) is 4.34. The fourth-order valence-corrected chi connectivity index (χ4v) is 2.37. The van der Waals surface area contributed by atoms with Crippen molar-refractivity contribution in [2.24, 2.45) is 0 Å². The lowest BCUT2D eigenvalue weighted by Gasteiger charge is -2.17. The summed E-state index contributed by atoms with van der Waals surface area (Å²) in [4.78, 5) is 19.8. The van der Waals surface area contributed by atoms with Gasteiger partial charge in [0, 0.05) is 17.5 Å². The van der Waals surface area contributed by atoms with Crippen LogP contribution in [0.2, 0.25) is 5.15 Å². The standard InChI is InChI=1S/C14H11ClN2O2/c15-13-7-16-8-14(17-13)19-12-6-2-3-9-10(12)4-1-5-11(9)18/h2-3,6-8H,1,4-5H2. The third kappa shape index (κ3) is 2.44. The molecule has 1 aromatic carbocycles. The van der Waals surface area contributed by atoms with Crippen molar-refractivity contribution in [1.82, 2.24) is 9.97 Å². The molecule has 0 fully saturated rings. The lowest BCUT2D eigenvalue weighted by atomic mass is 9.90. The topological polar surface area (TPSA) is 52.1 Å². The first kappa shape index (κ1) is 12.1. The van der Waals surface area contributed by atoms with Gasteiger partial charge in [-0.15, -0.1) is 0 Å². The number of benzene rings is 1. The van der Waals surface area contributed by atoms with Gasteiger partial charge in [-0.1, -0.05) is 23.7 Å². The molecule has 0 amide bonds. The molecule has 96 valence electrons. The summed E-state index contributed by atoms with van der Waals surface area (Å²) in [6.07, 6.45) is 5.24. The monoisotopic (exact) mass is 274 g/mol. The van der Waals surface area contributed by atoms with Crippen LogP contribution < -0.4 is 4.74 Å². The Morgan fingerprint density at radius 1 is 1.21 bits per heavy atom. The number of hydrogen-bond donors (Lipinski definition) is 0. The fourth-order valence-electron chi connectivity index (χ4n) is 2.23. The molecule has 0 bridgehead atoms. The van der Waals surface area contributed by atoms with Crippen LogP contribution in [0.1, 0.15) is 28.8 Å². The molecule has 1 aliphatic rings. The van der Waals surface area contributed by atoms with E-state index in [0.29, 0.717) is 18.1 Å². The second kappa shape index (κ2) is 4.97. The molecule has 3 rings (SSSR count). The summed E-state index contributed by atoms with van der Waals surface area (Å²) in [6.45, 7) is 0. The van der Waals surface area contributed by atoms with E-state index >= 15 is 0 Å². The Morgan fingerprint density at radius 2 is 2.11 bits per heavy atom. The number of halogens is 1. The van der Waals surface area contributed by atoms with Crippen molar-refractivity contribution in [2.45, 2.75) is 19.3 Å². The molecule has 0 spiro atoms. The van der Waals surface area contributed by atoms with E-state index < -0.39 is 0 Å². The Balaban J connectivity index is 1.98. The first-order valence-corrected chi connectivity index (χ1v) is 6.42. The molecule has 0 unspecified atom stereocenters. The van der Waals surface area contributed by atoms with Crippen molar-refractivity contribution in [3.63, 3.8) is 0 Å². The van der Waals surface area contributed by atoms with E-state index in [0.717, 1.165) is 24.0 Å². The maximum atomic E-state index is 11.8. The normalized spacial score (nSPS) is 14.1. The van der Waals surface area contributed by atoms with E-state index in [4.69, 9.17) is 16.3 Å². The van der Waals surface area contributed by atoms with Crippen LogP contribution in [0.4, 0.5) is 0 Å². The zero-order chi connectivity index (χ0) is 13.2. The molecule has 5 heteroatoms. The number of hydrogen-bond acceptors (Lipinski definition) is 4. The quantitative estimate of drug-likeness (QED) is 0.842. The molecule has 19 heavy (non-hydrogen) atoms. The summed E-state index contributed by atoms with van der Waals surface area (Å²) in [7, 11) is 0. The van der Waals surface area contributed by atoms with Crippen LogP contribution in [-0.4, -0.2) is 15.8 Å². The van der Waals surface area contributed by atoms with Gasteiger partial charge in [0.1, 0.15) is 5.75 Å². The molecular weight excluding hydrogens is 264 g/mol. The van der Waals surface area contributed by atoms with Gasteiger partial charge in [0.2, 0.25) is 5.88 Å². The Kier molecular flexibility index (Phi) is 3.17. The Morgan fingerprint density at radius 3 is 2.95 bits per heavy atom. The SMILES string of the molecule is O=C1CCCc2c(Oc3cncc(Cl)n3)cccc21. The molecule has 0 N–H and O–H groups in total. The third-order valence-corrected chi connectivity index (χ3v) is 3.24. The van der Waals surface area contributed by atoms with Crippen LogP contribution in [-0.2, 0) is 6.42 Å². The number of carbonyl (C=O) groups is 1. The molecule has 0 saturated carbocycles. The molecule has 1 aliphatic carbocycles. The molecule has 2 aromatic rings. The zero-order valence-corrected chi connectivity index (χ0v) is 10.9. The van der Waals surface area contributed by atoms with Crippen molar-refractivity contribution < 1.29 is 9.53 Å². The zero-order valence-electron chi connectivity index (χ0n) is 10.1. The van der Waals surface area contributed by atoms with Gasteiger partial charge in [-0.05, 0) is 18.9 Å². The second-order valence-corrected chi connectivity index (χ2v) is 4.73. The van der Waals surface area contributed by atoms with Gasteiger partial charge in [-0.3, -0.25) is 9.78 Å². The van der Waals surface area contributed by atoms with Crippen molar-refractivity contribution in [1.29, 1.82) is 0 Å². The lowest BCUT2D eigenvalue weighted by Crippen LogP contribution is -2.11. The van der Waals surface area contributed by atoms with E-state index in [-0.39, 0.29) is 10.9 Å². The predicted octanol–water partition coefficient (Wildman–Crippen LogP) is 3.44. The summed E-state index contributed by atoms with van der Waals surface area (Å²) in [5.41, 5.74) is 1.69. The highest BCUT2D eigenvalue weighted by atomic mass is 35.5. The van der Waals surface area contributed by atoms with Crippen molar-refractivity contribution >= 4 is 17.4 Å². The van der Waals surface area contributed by atoms with Gasteiger partial charge >= 0.3 is 0 Å². The van der Waals surface area contributed by atoms with Crippen molar-refractivity contribution in [2.75, 3.05) is 0 Å². The molecule has 0 atom stereocenters. The van der Waals surface area contributed by atoms with Crippen LogP contribution in [0.15, 0.2) is 30.6 Å². The maximum Gasteiger partial charge on any atom is 0.239 e. The van der Waals surface area contributed by atoms with Crippen LogP contribution in [0, 0.1) is 0 Å². The molecule has 1 heterocycles. The molecule has 1 aromatic heterocycles. The van der Waals surface area contributed by atoms with Gasteiger partial charge in [0.15, 0.2) is 10.9 Å². The van der Waals surface area contributed by atoms with Crippen LogP contribution in [0.5, 0.6) is 11.6 Å². The Bertz CT molecular complexity index is 643. The summed E-state index contributed by atoms with van der Waals surface area (Å²) in [5, 5.41) is 0.276. The number of aromatic nitrogens is 2. The number of ketones is 1. The minimum absolute atomic E-state index is 0.170. The number of carbonyl (C=O) groups excluding carboxylic acids is 1. The molecular formula is C14H11ClN2O2. The van der Waals surface area contributed by atoms with Gasteiger partial charge < -0.3 is 4.74 Å². The van der Waals surface area contributed by atoms with E-state index in [1.165, 1.54) is 12.4 Å². The average Bonchev–Trinajstić information content (AvgIpc) is 2.40. The summed E-state index contributed by atoms with van der Waals surface area (Å²) in [6, 6.07) is 5.49. The van der Waals surface area contributed by atoms with Crippen LogP contribution >= 0.6 is 11.6 Å².